The average Bonchev–Trinajstić information content (AvgIpc) is 3.09. The zero-order chi connectivity index (χ0) is 21.5. The Labute approximate surface area is 179 Å². The van der Waals surface area contributed by atoms with Crippen LogP contribution in [0.1, 0.15) is 25.7 Å². The third kappa shape index (κ3) is 4.95. The Morgan fingerprint density at radius 3 is 1.67 bits per heavy atom. The van der Waals surface area contributed by atoms with Gasteiger partial charge in [-0.25, -0.2) is 8.42 Å². The van der Waals surface area contributed by atoms with Gasteiger partial charge < -0.3 is 0 Å². The maximum absolute atomic E-state index is 13.0. The van der Waals surface area contributed by atoms with E-state index in [4.69, 9.17) is 11.1 Å². The van der Waals surface area contributed by atoms with Crippen molar-refractivity contribution in [1.82, 2.24) is 0 Å². The molecule has 1 saturated carbocycles. The average molecular weight is 443 g/mol. The molecule has 1 fully saturated rings. The molecule has 0 radical (unpaired) electrons. The summed E-state index contributed by atoms with van der Waals surface area (Å²) in [6.45, 7) is 0. The van der Waals surface area contributed by atoms with E-state index < -0.39 is 0 Å². The molecule has 4 unspecified atom stereocenters. The second-order valence-electron chi connectivity index (χ2n) is 7.26. The lowest BCUT2D eigenvalue weighted by Gasteiger charge is -2.21. The normalized spacial score (nSPS) is 27.7. The molecule has 0 aromatic heterocycles. The zero-order valence-electron chi connectivity index (χ0n) is 15.8. The predicted molar refractivity (Wildman–Crippen MR) is 116 cm³/mol. The van der Waals surface area contributed by atoms with Crippen LogP contribution in [0.15, 0.2) is 58.1 Å². The van der Waals surface area contributed by atoms with Crippen LogP contribution >= 0.6 is 0 Å². The number of rotatable bonds is 6. The highest BCUT2D eigenvalue weighted by Gasteiger charge is 2.37. The summed E-state index contributed by atoms with van der Waals surface area (Å²) in [6, 6.07) is 0. The highest BCUT2D eigenvalue weighted by Crippen LogP contribution is 2.37. The number of allylic oxidation sites excluding steroid dienone is 6. The van der Waals surface area contributed by atoms with Crippen molar-refractivity contribution in [2.75, 3.05) is 0 Å². The van der Waals surface area contributed by atoms with Gasteiger partial charge in [-0.3, -0.25) is 4.79 Å². The van der Waals surface area contributed by atoms with E-state index in [1.807, 2.05) is 12.2 Å². The summed E-state index contributed by atoms with van der Waals surface area (Å²) >= 11 is 0.717. The van der Waals surface area contributed by atoms with E-state index in [-0.39, 0.29) is 29.5 Å². The molecule has 11 heteroatoms. The van der Waals surface area contributed by atoms with Crippen LogP contribution in [-0.2, 0) is 27.3 Å². The van der Waals surface area contributed by atoms with Gasteiger partial charge in [-0.05, 0) is 48.9 Å². The lowest BCUT2D eigenvalue weighted by molar-refractivity contribution is -0.124. The molecule has 9 nitrogen and oxygen atoms in total. The van der Waals surface area contributed by atoms with Crippen LogP contribution in [0.5, 0.6) is 0 Å². The van der Waals surface area contributed by atoms with E-state index >= 15 is 0 Å². The maximum atomic E-state index is 13.0. The number of ketones is 1. The molecule has 4 atom stereocenters. The molecule has 30 heavy (non-hydrogen) atoms. The van der Waals surface area contributed by atoms with Gasteiger partial charge in [-0.15, -0.1) is 0 Å². The van der Waals surface area contributed by atoms with Gasteiger partial charge >= 0.3 is 0 Å². The minimum atomic E-state index is -0.166. The molecule has 0 saturated heterocycles. The van der Waals surface area contributed by atoms with Crippen molar-refractivity contribution in [3.63, 3.8) is 0 Å². The number of nitrogens with zero attached hydrogens (tertiary/aromatic N) is 6. The Morgan fingerprint density at radius 1 is 0.867 bits per heavy atom. The van der Waals surface area contributed by atoms with Gasteiger partial charge in [0.1, 0.15) is 5.78 Å². The number of hydrogen-bond acceptors (Lipinski definition) is 5. The first kappa shape index (κ1) is 21.7. The molecule has 3 rings (SSSR count). The lowest BCUT2D eigenvalue weighted by atomic mass is 9.84. The van der Waals surface area contributed by atoms with Gasteiger partial charge in [0, 0.05) is 44.9 Å². The minimum Gasteiger partial charge on any atom is -0.299 e. The summed E-state index contributed by atoms with van der Waals surface area (Å²) in [5, 5.41) is 7.04. The van der Waals surface area contributed by atoms with E-state index in [1.165, 1.54) is 0 Å². The number of carbonyl (C=O) groups excluding carboxylic acids is 1. The van der Waals surface area contributed by atoms with Crippen molar-refractivity contribution in [1.29, 1.82) is 0 Å². The molecule has 3 aliphatic rings. The van der Waals surface area contributed by atoms with Crippen LogP contribution in [0.25, 0.3) is 20.9 Å². The van der Waals surface area contributed by atoms with E-state index in [1.54, 1.807) is 24.3 Å². The third-order valence-electron chi connectivity index (χ3n) is 5.57. The fourth-order valence-corrected chi connectivity index (χ4v) is 5.05. The van der Waals surface area contributed by atoms with Crippen molar-refractivity contribution in [3.05, 3.63) is 68.7 Å². The number of carbonyl (C=O) groups is 1. The SMILES string of the molecule is [N-]=[N+]=NC1=CC(=S=O)C(CC2CCC(CC3C=CC(N=[N+]=[N-])=CC3=S=O)C2=O)C=C1. The topological polar surface area (TPSA) is 149 Å². The molecule has 0 aliphatic heterocycles. The van der Waals surface area contributed by atoms with Crippen molar-refractivity contribution >= 4 is 38.0 Å². The molecule has 154 valence electrons. The van der Waals surface area contributed by atoms with Gasteiger partial charge in [-0.1, -0.05) is 34.5 Å². The van der Waals surface area contributed by atoms with Gasteiger partial charge in [0.15, 0.2) is 0 Å². The molecule has 0 N–H and O–H groups in total. The molecule has 0 amide bonds. The quantitative estimate of drug-likeness (QED) is 0.266. The van der Waals surface area contributed by atoms with Crippen LogP contribution < -0.4 is 0 Å². The maximum Gasteiger partial charge on any atom is 0.139 e. The standard InChI is InChI=1S/C19H18N6O3S2/c20-24-22-15-5-3-11(17(9-15)29-27)7-13-1-2-14(19(13)26)8-12-4-6-16(23-25-21)10-18(12)30-28/h3-6,9-14H,1-2,7-8H2. The summed E-state index contributed by atoms with van der Waals surface area (Å²) < 4.78 is 22.9. The number of hydrogen-bond donors (Lipinski definition) is 0. The van der Waals surface area contributed by atoms with Crippen LogP contribution in [0.4, 0.5) is 0 Å². The molecule has 0 heterocycles. The van der Waals surface area contributed by atoms with Crippen LogP contribution in [0.2, 0.25) is 0 Å². The Morgan fingerprint density at radius 2 is 1.30 bits per heavy atom. The van der Waals surface area contributed by atoms with Crippen molar-refractivity contribution in [2.45, 2.75) is 25.7 Å². The highest BCUT2D eigenvalue weighted by atomic mass is 32.1. The van der Waals surface area contributed by atoms with Crippen LogP contribution in [0.3, 0.4) is 0 Å². The monoisotopic (exact) mass is 442 g/mol. The van der Waals surface area contributed by atoms with E-state index in [9.17, 15) is 13.2 Å². The zero-order valence-corrected chi connectivity index (χ0v) is 17.5. The summed E-state index contributed by atoms with van der Waals surface area (Å²) in [6.07, 6.45) is 12.7. The first-order valence-corrected chi connectivity index (χ1v) is 10.8. The summed E-state index contributed by atoms with van der Waals surface area (Å²) in [5.74, 6) is -0.461. The van der Waals surface area contributed by atoms with Crippen molar-refractivity contribution in [2.24, 2.45) is 33.9 Å². The molecular weight excluding hydrogens is 424 g/mol. The van der Waals surface area contributed by atoms with Gasteiger partial charge in [0.25, 0.3) is 0 Å². The fraction of sp³-hybridized carbons (Fsp3) is 0.421. The molecular formula is C19H18N6O3S2. The fourth-order valence-electron chi connectivity index (χ4n) is 4.11. The second kappa shape index (κ2) is 10.2. The van der Waals surface area contributed by atoms with Crippen molar-refractivity contribution in [3.8, 4) is 0 Å². The number of Topliss-reactive ketones (excluding diaryl/α,β-unsaturated/α-hetero) is 1. The third-order valence-corrected chi connectivity index (χ3v) is 6.79. The largest absolute Gasteiger partial charge is 0.299 e. The van der Waals surface area contributed by atoms with E-state index in [2.05, 4.69) is 20.1 Å². The Hall–Kier alpha value is -2.97. The van der Waals surface area contributed by atoms with Crippen LogP contribution in [0, 0.1) is 23.7 Å². The van der Waals surface area contributed by atoms with E-state index in [0.717, 1.165) is 12.8 Å². The highest BCUT2D eigenvalue weighted by molar-refractivity contribution is 7.67. The first-order chi connectivity index (χ1) is 14.6. The minimum absolute atomic E-state index is 0.147. The van der Waals surface area contributed by atoms with E-state index in [0.29, 0.717) is 56.5 Å². The Bertz CT molecular complexity index is 998. The van der Waals surface area contributed by atoms with Gasteiger partial charge in [-0.2, -0.15) is 0 Å². The Kier molecular flexibility index (Phi) is 7.37. The van der Waals surface area contributed by atoms with Gasteiger partial charge in [0.05, 0.1) is 32.2 Å². The first-order valence-electron chi connectivity index (χ1n) is 9.36. The van der Waals surface area contributed by atoms with Crippen molar-refractivity contribution < 1.29 is 13.2 Å². The Balaban J connectivity index is 1.65. The summed E-state index contributed by atoms with van der Waals surface area (Å²) in [4.78, 5) is 19.5. The molecule has 3 aliphatic carbocycles. The smallest absolute Gasteiger partial charge is 0.139 e. The van der Waals surface area contributed by atoms with Crippen LogP contribution in [-0.4, -0.2) is 23.9 Å². The predicted octanol–water partition coefficient (Wildman–Crippen LogP) is 3.89. The summed E-state index contributed by atoms with van der Waals surface area (Å²) in [5.41, 5.74) is 17.9. The lowest BCUT2D eigenvalue weighted by Crippen LogP contribution is -2.24. The van der Waals surface area contributed by atoms with Gasteiger partial charge in [0.2, 0.25) is 0 Å². The molecule has 0 spiro atoms. The molecule has 0 aromatic carbocycles. The number of azide groups is 2. The molecule has 0 aromatic rings. The second-order valence-corrected chi connectivity index (χ2v) is 8.54. The molecule has 0 bridgehead atoms. The summed E-state index contributed by atoms with van der Waals surface area (Å²) in [7, 11) is 0.